The fraction of sp³-hybridized carbons (Fsp3) is 0.318. The standard InChI is InChI=1S/C22H28N8O3/c1-22(2,3)33-21(32)25-11-9-14-5-7-15(8-6-14)26-20-24-12-10-17(28-20)27-18-13-16(29-30-18)19(31)23-4/h5-8,10,12-13H,9,11H2,1-4H3,(H,23,31)(H,25,32)(H3,24,26,27,28,29,30). The van der Waals surface area contributed by atoms with Gasteiger partial charge in [-0.3, -0.25) is 9.89 Å². The number of amides is 2. The Morgan fingerprint density at radius 3 is 2.52 bits per heavy atom. The van der Waals surface area contributed by atoms with Gasteiger partial charge >= 0.3 is 6.09 Å². The van der Waals surface area contributed by atoms with Gasteiger partial charge in [0.25, 0.3) is 5.91 Å². The number of aromatic nitrogens is 4. The van der Waals surface area contributed by atoms with Crippen LogP contribution in [-0.4, -0.2) is 51.4 Å². The van der Waals surface area contributed by atoms with Gasteiger partial charge < -0.3 is 26.0 Å². The minimum absolute atomic E-state index is 0.260. The van der Waals surface area contributed by atoms with Crippen LogP contribution >= 0.6 is 0 Å². The van der Waals surface area contributed by atoms with Gasteiger partial charge in [0.2, 0.25) is 5.95 Å². The summed E-state index contributed by atoms with van der Waals surface area (Å²) in [5.41, 5.74) is 1.71. The van der Waals surface area contributed by atoms with E-state index in [1.54, 1.807) is 25.4 Å². The molecule has 0 saturated carbocycles. The summed E-state index contributed by atoms with van der Waals surface area (Å²) < 4.78 is 5.22. The topological polar surface area (TPSA) is 146 Å². The molecule has 2 amide bonds. The SMILES string of the molecule is CNC(=O)c1cc(Nc2ccnc(Nc3ccc(CCNC(=O)OC(C)(C)C)cc3)n2)n[nH]1. The highest BCUT2D eigenvalue weighted by atomic mass is 16.6. The van der Waals surface area contributed by atoms with Crippen LogP contribution in [0, 0.1) is 0 Å². The third-order valence-corrected chi connectivity index (χ3v) is 4.25. The van der Waals surface area contributed by atoms with E-state index in [0.717, 1.165) is 11.3 Å². The molecule has 5 N–H and O–H groups in total. The predicted octanol–water partition coefficient (Wildman–Crippen LogP) is 3.11. The quantitative estimate of drug-likeness (QED) is 0.350. The van der Waals surface area contributed by atoms with Crippen molar-refractivity contribution in [3.05, 3.63) is 53.9 Å². The molecule has 174 valence electrons. The zero-order valence-corrected chi connectivity index (χ0v) is 19.0. The molecular formula is C22H28N8O3. The maximum absolute atomic E-state index is 11.7. The van der Waals surface area contributed by atoms with Gasteiger partial charge in [0.15, 0.2) is 5.82 Å². The summed E-state index contributed by atoms with van der Waals surface area (Å²) in [5.74, 6) is 1.13. The smallest absolute Gasteiger partial charge is 0.407 e. The van der Waals surface area contributed by atoms with E-state index in [2.05, 4.69) is 41.4 Å². The van der Waals surface area contributed by atoms with Gasteiger partial charge in [0.1, 0.15) is 17.1 Å². The largest absolute Gasteiger partial charge is 0.444 e. The second kappa shape index (κ2) is 10.4. The van der Waals surface area contributed by atoms with Crippen LogP contribution in [0.1, 0.15) is 36.8 Å². The summed E-state index contributed by atoms with van der Waals surface area (Å²) in [6, 6.07) is 11.0. The van der Waals surface area contributed by atoms with Crippen molar-refractivity contribution in [3.63, 3.8) is 0 Å². The van der Waals surface area contributed by atoms with E-state index in [9.17, 15) is 9.59 Å². The summed E-state index contributed by atoms with van der Waals surface area (Å²) in [7, 11) is 1.55. The van der Waals surface area contributed by atoms with E-state index < -0.39 is 11.7 Å². The Bertz CT molecular complexity index is 1090. The molecule has 1 aromatic carbocycles. The Kier molecular flexibility index (Phi) is 7.44. The summed E-state index contributed by atoms with van der Waals surface area (Å²) in [5, 5.41) is 18.1. The summed E-state index contributed by atoms with van der Waals surface area (Å²) in [6.45, 7) is 5.96. The number of carbonyl (C=O) groups is 2. The number of H-pyrrole nitrogens is 1. The normalized spacial score (nSPS) is 10.9. The second-order valence-electron chi connectivity index (χ2n) is 8.14. The summed E-state index contributed by atoms with van der Waals surface area (Å²) >= 11 is 0. The molecule has 33 heavy (non-hydrogen) atoms. The van der Waals surface area contributed by atoms with Crippen molar-refractivity contribution >= 4 is 35.3 Å². The number of alkyl carbamates (subject to hydrolysis) is 1. The van der Waals surface area contributed by atoms with Gasteiger partial charge in [-0.1, -0.05) is 12.1 Å². The van der Waals surface area contributed by atoms with E-state index in [1.807, 2.05) is 45.0 Å². The highest BCUT2D eigenvalue weighted by molar-refractivity contribution is 5.92. The van der Waals surface area contributed by atoms with E-state index in [4.69, 9.17) is 4.74 Å². The van der Waals surface area contributed by atoms with Crippen LogP contribution < -0.4 is 21.3 Å². The first-order chi connectivity index (χ1) is 15.7. The van der Waals surface area contributed by atoms with Crippen LogP contribution in [0.4, 0.5) is 28.1 Å². The number of nitrogens with zero attached hydrogens (tertiary/aromatic N) is 3. The fourth-order valence-corrected chi connectivity index (χ4v) is 2.76. The number of aromatic amines is 1. The maximum atomic E-state index is 11.7. The third-order valence-electron chi connectivity index (χ3n) is 4.25. The minimum Gasteiger partial charge on any atom is -0.444 e. The molecule has 0 unspecified atom stereocenters. The van der Waals surface area contributed by atoms with Crippen molar-refractivity contribution in [2.45, 2.75) is 32.8 Å². The number of hydrogen-bond donors (Lipinski definition) is 5. The first-order valence-corrected chi connectivity index (χ1v) is 10.4. The van der Waals surface area contributed by atoms with Crippen molar-refractivity contribution in [1.29, 1.82) is 0 Å². The number of nitrogens with one attached hydrogen (secondary N) is 5. The molecule has 0 fully saturated rings. The van der Waals surface area contributed by atoms with Crippen LogP contribution in [0.15, 0.2) is 42.6 Å². The molecule has 0 radical (unpaired) electrons. The van der Waals surface area contributed by atoms with Crippen molar-refractivity contribution < 1.29 is 14.3 Å². The molecule has 11 nitrogen and oxygen atoms in total. The molecule has 0 aliphatic heterocycles. The van der Waals surface area contributed by atoms with E-state index in [0.29, 0.717) is 36.2 Å². The highest BCUT2D eigenvalue weighted by Crippen LogP contribution is 2.18. The molecule has 0 atom stereocenters. The summed E-state index contributed by atoms with van der Waals surface area (Å²) in [4.78, 5) is 32.0. The summed E-state index contributed by atoms with van der Waals surface area (Å²) in [6.07, 6.45) is 1.86. The van der Waals surface area contributed by atoms with Gasteiger partial charge in [-0.25, -0.2) is 9.78 Å². The Hall–Kier alpha value is -4.15. The van der Waals surface area contributed by atoms with Crippen molar-refractivity contribution in [3.8, 4) is 0 Å². The molecule has 11 heteroatoms. The number of anilines is 4. The Labute approximate surface area is 191 Å². The lowest BCUT2D eigenvalue weighted by Crippen LogP contribution is -2.33. The van der Waals surface area contributed by atoms with Crippen molar-refractivity contribution in [2.75, 3.05) is 24.2 Å². The molecule has 0 saturated heterocycles. The second-order valence-corrected chi connectivity index (χ2v) is 8.14. The van der Waals surface area contributed by atoms with Crippen LogP contribution in [0.2, 0.25) is 0 Å². The van der Waals surface area contributed by atoms with Gasteiger partial charge in [0, 0.05) is 31.5 Å². The van der Waals surface area contributed by atoms with Gasteiger partial charge in [-0.05, 0) is 51.0 Å². The predicted molar refractivity (Wildman–Crippen MR) is 125 cm³/mol. The van der Waals surface area contributed by atoms with Gasteiger partial charge in [-0.15, -0.1) is 0 Å². The van der Waals surface area contributed by atoms with Crippen LogP contribution in [0.5, 0.6) is 0 Å². The molecule has 0 bridgehead atoms. The van der Waals surface area contributed by atoms with Crippen LogP contribution in [0.3, 0.4) is 0 Å². The number of hydrogen-bond acceptors (Lipinski definition) is 8. The lowest BCUT2D eigenvalue weighted by atomic mass is 10.1. The zero-order chi connectivity index (χ0) is 23.8. The number of ether oxygens (including phenoxy) is 1. The third kappa shape index (κ3) is 7.49. The van der Waals surface area contributed by atoms with Gasteiger partial charge in [0.05, 0.1) is 0 Å². The number of carbonyl (C=O) groups excluding carboxylic acids is 2. The Morgan fingerprint density at radius 2 is 1.82 bits per heavy atom. The minimum atomic E-state index is -0.515. The number of benzene rings is 1. The average molecular weight is 453 g/mol. The molecule has 0 aliphatic rings. The van der Waals surface area contributed by atoms with Crippen LogP contribution in [-0.2, 0) is 11.2 Å². The average Bonchev–Trinajstić information content (AvgIpc) is 3.22. The zero-order valence-electron chi connectivity index (χ0n) is 19.0. The molecule has 3 rings (SSSR count). The maximum Gasteiger partial charge on any atom is 0.407 e. The van der Waals surface area contributed by atoms with Crippen molar-refractivity contribution in [1.82, 2.24) is 30.8 Å². The van der Waals surface area contributed by atoms with E-state index in [1.165, 1.54) is 0 Å². The highest BCUT2D eigenvalue weighted by Gasteiger charge is 2.15. The molecule has 0 aliphatic carbocycles. The van der Waals surface area contributed by atoms with Crippen LogP contribution in [0.25, 0.3) is 0 Å². The van der Waals surface area contributed by atoms with E-state index >= 15 is 0 Å². The fourth-order valence-electron chi connectivity index (χ4n) is 2.76. The first kappa shape index (κ1) is 23.5. The van der Waals surface area contributed by atoms with Gasteiger partial charge in [-0.2, -0.15) is 10.1 Å². The van der Waals surface area contributed by atoms with E-state index in [-0.39, 0.29) is 5.91 Å². The monoisotopic (exact) mass is 452 g/mol. The first-order valence-electron chi connectivity index (χ1n) is 10.4. The molecule has 2 heterocycles. The number of rotatable bonds is 8. The van der Waals surface area contributed by atoms with Crippen molar-refractivity contribution in [2.24, 2.45) is 0 Å². The molecule has 3 aromatic rings. The lowest BCUT2D eigenvalue weighted by Gasteiger charge is -2.19. The molecular weight excluding hydrogens is 424 g/mol. The Balaban J connectivity index is 1.52. The molecule has 2 aromatic heterocycles. The Morgan fingerprint density at radius 1 is 1.06 bits per heavy atom. The molecule has 0 spiro atoms. The lowest BCUT2D eigenvalue weighted by molar-refractivity contribution is 0.0528.